The number of aromatic hydroxyl groups is 1. The number of phenols is 1. The molecule has 35 heavy (non-hydrogen) atoms. The number of carbonyl (C=O) groups excluding carboxylic acids is 1. The molecule has 0 heterocycles. The van der Waals surface area contributed by atoms with Gasteiger partial charge in [-0.2, -0.15) is 9.82 Å². The second kappa shape index (κ2) is 12.5. The Hall–Kier alpha value is -2.48. The van der Waals surface area contributed by atoms with E-state index in [2.05, 4.69) is 53.8 Å². The van der Waals surface area contributed by atoms with Crippen LogP contribution < -0.4 is 14.9 Å². The first-order chi connectivity index (χ1) is 16.7. The normalized spacial score (nSPS) is 12.4. The van der Waals surface area contributed by atoms with Gasteiger partial charge in [0, 0.05) is 3.57 Å². The van der Waals surface area contributed by atoms with E-state index in [9.17, 15) is 18.3 Å². The van der Waals surface area contributed by atoms with Gasteiger partial charge in [0.15, 0.2) is 11.5 Å². The van der Waals surface area contributed by atoms with Crippen LogP contribution in [-0.2, 0) is 21.2 Å². The number of sulfonamides is 1. The molecule has 184 valence electrons. The van der Waals surface area contributed by atoms with Crippen molar-refractivity contribution in [3.63, 3.8) is 0 Å². The largest absolute Gasteiger partial charge is 0.503 e. The summed E-state index contributed by atoms with van der Waals surface area (Å²) in [6.07, 6.45) is 1.50. The molecular weight excluding hydrogens is 649 g/mol. The molecule has 3 rings (SSSR count). The summed E-state index contributed by atoms with van der Waals surface area (Å²) in [4.78, 5) is 13.0. The van der Waals surface area contributed by atoms with Crippen LogP contribution in [0.2, 0.25) is 0 Å². The highest BCUT2D eigenvalue weighted by molar-refractivity contribution is 14.1. The first-order valence-corrected chi connectivity index (χ1v) is 13.8. The number of halogens is 2. The number of amides is 1. The zero-order valence-electron chi connectivity index (χ0n) is 18.6. The van der Waals surface area contributed by atoms with E-state index < -0.39 is 22.0 Å². The van der Waals surface area contributed by atoms with Gasteiger partial charge in [0.1, 0.15) is 6.04 Å². The minimum Gasteiger partial charge on any atom is -0.503 e. The lowest BCUT2D eigenvalue weighted by atomic mass is 10.1. The van der Waals surface area contributed by atoms with Crippen molar-refractivity contribution >= 4 is 60.7 Å². The molecule has 0 aliphatic heterocycles. The van der Waals surface area contributed by atoms with Crippen LogP contribution in [0.15, 0.2) is 81.2 Å². The van der Waals surface area contributed by atoms with Crippen LogP contribution in [-0.4, -0.2) is 38.3 Å². The molecule has 3 aromatic carbocycles. The number of hydrogen-bond donors (Lipinski definition) is 3. The monoisotopic (exact) mass is 671 g/mol. The minimum absolute atomic E-state index is 0.0408. The standard InChI is InChI=1S/C24H23BrIN3O5S/c1-2-34-22-14-17(12-20(25)23(22)30)15-27-28-24(31)21(13-16-6-4-3-5-7-16)29-35(32,33)19-10-8-18(26)9-11-19/h3-12,14-15,21,29-30H,2,13H2,1H3,(H,28,31)/b27-15-/t21-/m0/s1. The fourth-order valence-electron chi connectivity index (χ4n) is 3.09. The molecule has 3 aromatic rings. The molecule has 0 fully saturated rings. The van der Waals surface area contributed by atoms with Crippen molar-refractivity contribution in [3.8, 4) is 11.5 Å². The molecule has 1 atom stereocenters. The van der Waals surface area contributed by atoms with Crippen LogP contribution >= 0.6 is 38.5 Å². The fourth-order valence-corrected chi connectivity index (χ4v) is 5.10. The summed E-state index contributed by atoms with van der Waals surface area (Å²) < 4.78 is 35.1. The first-order valence-electron chi connectivity index (χ1n) is 10.5. The van der Waals surface area contributed by atoms with Crippen molar-refractivity contribution in [2.24, 2.45) is 5.10 Å². The zero-order valence-corrected chi connectivity index (χ0v) is 23.2. The zero-order chi connectivity index (χ0) is 25.4. The summed E-state index contributed by atoms with van der Waals surface area (Å²) in [5, 5.41) is 14.0. The van der Waals surface area contributed by atoms with Gasteiger partial charge in [0.25, 0.3) is 5.91 Å². The Kier molecular flexibility index (Phi) is 9.66. The third-order valence-corrected chi connectivity index (χ3v) is 7.57. The van der Waals surface area contributed by atoms with Crippen LogP contribution in [0.1, 0.15) is 18.1 Å². The molecule has 0 saturated carbocycles. The van der Waals surface area contributed by atoms with E-state index in [4.69, 9.17) is 4.74 Å². The van der Waals surface area contributed by atoms with Crippen molar-refractivity contribution < 1.29 is 23.1 Å². The van der Waals surface area contributed by atoms with Gasteiger partial charge in [-0.25, -0.2) is 13.8 Å². The van der Waals surface area contributed by atoms with E-state index >= 15 is 0 Å². The molecule has 0 unspecified atom stereocenters. The van der Waals surface area contributed by atoms with Crippen LogP contribution in [0.25, 0.3) is 0 Å². The second-order valence-corrected chi connectivity index (χ2v) is 11.1. The predicted molar refractivity (Wildman–Crippen MR) is 146 cm³/mol. The number of hydrazone groups is 1. The van der Waals surface area contributed by atoms with E-state index in [1.54, 1.807) is 31.2 Å². The van der Waals surface area contributed by atoms with Crippen molar-refractivity contribution in [2.75, 3.05) is 6.61 Å². The number of nitrogens with one attached hydrogen (secondary N) is 2. The lowest BCUT2D eigenvalue weighted by Crippen LogP contribution is -2.46. The quantitative estimate of drug-likeness (QED) is 0.170. The second-order valence-electron chi connectivity index (χ2n) is 7.33. The van der Waals surface area contributed by atoms with Gasteiger partial charge in [-0.3, -0.25) is 4.79 Å². The maximum atomic E-state index is 13.0. The highest BCUT2D eigenvalue weighted by Crippen LogP contribution is 2.35. The molecule has 8 nitrogen and oxygen atoms in total. The van der Waals surface area contributed by atoms with Crippen molar-refractivity contribution in [3.05, 3.63) is 85.9 Å². The van der Waals surface area contributed by atoms with E-state index in [-0.39, 0.29) is 22.8 Å². The molecule has 0 bridgehead atoms. The first kappa shape index (κ1) is 27.1. The number of rotatable bonds is 10. The van der Waals surface area contributed by atoms with Crippen molar-refractivity contribution in [1.82, 2.24) is 10.1 Å². The molecule has 0 aliphatic carbocycles. The summed E-state index contributed by atoms with van der Waals surface area (Å²) in [7, 11) is -3.96. The molecule has 0 saturated heterocycles. The Morgan fingerprint density at radius 1 is 1.17 bits per heavy atom. The van der Waals surface area contributed by atoms with E-state index in [0.29, 0.717) is 16.6 Å². The predicted octanol–water partition coefficient (Wildman–Crippen LogP) is 4.20. The van der Waals surface area contributed by atoms with Crippen LogP contribution in [0, 0.1) is 3.57 Å². The maximum Gasteiger partial charge on any atom is 0.258 e. The summed E-state index contributed by atoms with van der Waals surface area (Å²) >= 11 is 5.34. The summed E-state index contributed by atoms with van der Waals surface area (Å²) in [5.74, 6) is -0.398. The fraction of sp³-hybridized carbons (Fsp3) is 0.167. The Bertz CT molecular complexity index is 1300. The van der Waals surface area contributed by atoms with Crippen molar-refractivity contribution in [1.29, 1.82) is 0 Å². The SMILES string of the molecule is CCOc1cc(/C=N\NC(=O)[C@H](Cc2ccccc2)NS(=O)(=O)c2ccc(I)cc2)cc(Br)c1O. The van der Waals surface area contributed by atoms with Gasteiger partial charge < -0.3 is 9.84 Å². The average molecular weight is 672 g/mol. The lowest BCUT2D eigenvalue weighted by Gasteiger charge is -2.17. The molecule has 0 spiro atoms. The molecule has 0 radical (unpaired) electrons. The molecular formula is C24H23BrIN3O5S. The highest BCUT2D eigenvalue weighted by Gasteiger charge is 2.26. The number of phenolic OH excluding ortho intramolecular Hbond substituents is 1. The van der Waals surface area contributed by atoms with Gasteiger partial charge in [0.05, 0.1) is 22.2 Å². The number of ether oxygens (including phenoxy) is 1. The van der Waals surface area contributed by atoms with Crippen LogP contribution in [0.4, 0.5) is 0 Å². The Balaban J connectivity index is 1.79. The number of hydrogen-bond acceptors (Lipinski definition) is 6. The van der Waals surface area contributed by atoms with Gasteiger partial charge in [-0.15, -0.1) is 0 Å². The third-order valence-electron chi connectivity index (χ3n) is 4.76. The van der Waals surface area contributed by atoms with Gasteiger partial charge >= 0.3 is 0 Å². The summed E-state index contributed by atoms with van der Waals surface area (Å²) in [6, 6.07) is 17.5. The number of carbonyl (C=O) groups is 1. The van der Waals surface area contributed by atoms with Crippen molar-refractivity contribution in [2.45, 2.75) is 24.3 Å². The van der Waals surface area contributed by atoms with E-state index in [1.165, 1.54) is 18.3 Å². The van der Waals surface area contributed by atoms with Gasteiger partial charge in [-0.1, -0.05) is 30.3 Å². The average Bonchev–Trinajstić information content (AvgIpc) is 2.82. The highest BCUT2D eigenvalue weighted by atomic mass is 127. The van der Waals surface area contributed by atoms with E-state index in [0.717, 1.165) is 9.13 Å². The smallest absolute Gasteiger partial charge is 0.258 e. The van der Waals surface area contributed by atoms with Gasteiger partial charge in [-0.05, 0) is 99.4 Å². The summed E-state index contributed by atoms with van der Waals surface area (Å²) in [5.41, 5.74) is 3.74. The molecule has 0 aliphatic rings. The van der Waals surface area contributed by atoms with E-state index in [1.807, 2.05) is 30.3 Å². The molecule has 0 aromatic heterocycles. The number of nitrogens with zero attached hydrogens (tertiary/aromatic N) is 1. The maximum absolute atomic E-state index is 13.0. The Labute approximate surface area is 226 Å². The van der Waals surface area contributed by atoms with Gasteiger partial charge in [0.2, 0.25) is 10.0 Å². The Morgan fingerprint density at radius 3 is 2.51 bits per heavy atom. The molecule has 11 heteroatoms. The molecule has 1 amide bonds. The minimum atomic E-state index is -3.96. The third kappa shape index (κ3) is 7.75. The number of benzene rings is 3. The van der Waals surface area contributed by atoms with Crippen LogP contribution in [0.5, 0.6) is 11.5 Å². The molecule has 3 N–H and O–H groups in total. The topological polar surface area (TPSA) is 117 Å². The summed E-state index contributed by atoms with van der Waals surface area (Å²) in [6.45, 7) is 2.15. The Morgan fingerprint density at radius 2 is 1.86 bits per heavy atom. The van der Waals surface area contributed by atoms with Crippen LogP contribution in [0.3, 0.4) is 0 Å². The lowest BCUT2D eigenvalue weighted by molar-refractivity contribution is -0.122.